The first-order valence-electron chi connectivity index (χ1n) is 4.87. The lowest BCUT2D eigenvalue weighted by Gasteiger charge is -2.34. The van der Waals surface area contributed by atoms with Crippen molar-refractivity contribution in [3.8, 4) is 0 Å². The number of nitrogens with two attached hydrogens (primary N) is 2. The van der Waals surface area contributed by atoms with Gasteiger partial charge in [-0.15, -0.1) is 0 Å². The fourth-order valence-corrected chi connectivity index (χ4v) is 1.34. The first-order valence-corrected chi connectivity index (χ1v) is 4.87. The first kappa shape index (κ1) is 19.1. The quantitative estimate of drug-likeness (QED) is 0.530. The van der Waals surface area contributed by atoms with Gasteiger partial charge in [0.1, 0.15) is 0 Å². The van der Waals surface area contributed by atoms with Crippen LogP contribution in [-0.4, -0.2) is 36.7 Å². The van der Waals surface area contributed by atoms with Gasteiger partial charge in [-0.2, -0.15) is 0 Å². The summed E-state index contributed by atoms with van der Waals surface area (Å²) >= 11 is 0. The Balaban J connectivity index is -0.000000209. The van der Waals surface area contributed by atoms with Gasteiger partial charge in [0, 0.05) is 0 Å². The Hall–Kier alpha value is -0.480. The molecule has 0 bridgehead atoms. The standard InChI is InChI=1S/C8H20N.CH4N2O.ClH/c1-5-9(6-2,7-3)8-4;2-1(3)4;/h5-8H2,1-4H3;(H4,2,3,4);1H/q+1;;/p-1. The van der Waals surface area contributed by atoms with Crippen molar-refractivity contribution in [1.29, 1.82) is 0 Å². The van der Waals surface area contributed by atoms with Crippen molar-refractivity contribution in [2.75, 3.05) is 26.2 Å². The molecule has 0 radical (unpaired) electrons. The molecule has 0 aromatic rings. The lowest BCUT2D eigenvalue weighted by Crippen LogP contribution is -3.00. The molecule has 0 aliphatic rings. The van der Waals surface area contributed by atoms with Gasteiger partial charge in [-0.3, -0.25) is 0 Å². The Kier molecular flexibility index (Phi) is 14.5. The van der Waals surface area contributed by atoms with Gasteiger partial charge >= 0.3 is 6.03 Å². The van der Waals surface area contributed by atoms with Gasteiger partial charge in [-0.1, -0.05) is 0 Å². The summed E-state index contributed by atoms with van der Waals surface area (Å²) in [5, 5.41) is 0. The van der Waals surface area contributed by atoms with Gasteiger partial charge in [0.15, 0.2) is 0 Å². The highest BCUT2D eigenvalue weighted by molar-refractivity contribution is 5.69. The van der Waals surface area contributed by atoms with Crippen LogP contribution in [0.2, 0.25) is 0 Å². The normalized spacial score (nSPS) is 9.43. The van der Waals surface area contributed by atoms with Crippen LogP contribution in [0.5, 0.6) is 0 Å². The van der Waals surface area contributed by atoms with Crippen LogP contribution in [0.3, 0.4) is 0 Å². The molecule has 0 aliphatic heterocycles. The highest BCUT2D eigenvalue weighted by Gasteiger charge is 2.16. The maximum atomic E-state index is 9.00. The molecule has 0 aromatic carbocycles. The molecule has 0 saturated heterocycles. The van der Waals surface area contributed by atoms with E-state index in [9.17, 15) is 0 Å². The summed E-state index contributed by atoms with van der Waals surface area (Å²) in [7, 11) is 0. The van der Waals surface area contributed by atoms with E-state index in [4.69, 9.17) is 4.79 Å². The predicted octanol–water partition coefficient (Wildman–Crippen LogP) is -2.09. The van der Waals surface area contributed by atoms with Crippen molar-refractivity contribution in [1.82, 2.24) is 0 Å². The molecular formula is C9H24ClN3O. The summed E-state index contributed by atoms with van der Waals surface area (Å²) in [6, 6.07) is -0.833. The summed E-state index contributed by atoms with van der Waals surface area (Å²) in [6.45, 7) is 14.2. The van der Waals surface area contributed by atoms with E-state index >= 15 is 0 Å². The van der Waals surface area contributed by atoms with Crippen molar-refractivity contribution in [3.05, 3.63) is 0 Å². The number of hydrogen-bond donors (Lipinski definition) is 2. The minimum atomic E-state index is -0.833. The fraction of sp³-hybridized carbons (Fsp3) is 0.889. The van der Waals surface area contributed by atoms with Crippen LogP contribution in [0.25, 0.3) is 0 Å². The first-order chi connectivity index (χ1) is 5.97. The van der Waals surface area contributed by atoms with Crippen LogP contribution >= 0.6 is 0 Å². The van der Waals surface area contributed by atoms with E-state index in [0.29, 0.717) is 0 Å². The van der Waals surface area contributed by atoms with E-state index < -0.39 is 6.03 Å². The second kappa shape index (κ2) is 10.6. The summed E-state index contributed by atoms with van der Waals surface area (Å²) in [5.41, 5.74) is 8.50. The van der Waals surface area contributed by atoms with Crippen LogP contribution in [0.4, 0.5) is 4.79 Å². The van der Waals surface area contributed by atoms with Crippen molar-refractivity contribution >= 4 is 6.03 Å². The van der Waals surface area contributed by atoms with E-state index in [-0.39, 0.29) is 12.4 Å². The number of rotatable bonds is 4. The third-order valence-corrected chi connectivity index (χ3v) is 2.68. The Labute approximate surface area is 93.6 Å². The van der Waals surface area contributed by atoms with Crippen LogP contribution in [0, 0.1) is 0 Å². The van der Waals surface area contributed by atoms with Gasteiger partial charge in [0.2, 0.25) is 0 Å². The molecule has 0 fully saturated rings. The number of nitrogens with zero attached hydrogens (tertiary/aromatic N) is 1. The largest absolute Gasteiger partial charge is 1.00 e. The molecule has 0 spiro atoms. The number of carbonyl (C=O) groups is 1. The van der Waals surface area contributed by atoms with E-state index in [0.717, 1.165) is 0 Å². The zero-order chi connectivity index (χ0) is 10.9. The third kappa shape index (κ3) is 9.61. The molecule has 0 unspecified atom stereocenters. The van der Waals surface area contributed by atoms with E-state index in [1.54, 1.807) is 0 Å². The molecule has 2 amide bonds. The highest BCUT2D eigenvalue weighted by atomic mass is 35.5. The third-order valence-electron chi connectivity index (χ3n) is 2.68. The monoisotopic (exact) mass is 225 g/mol. The molecule has 0 heterocycles. The summed E-state index contributed by atoms with van der Waals surface area (Å²) in [4.78, 5) is 9.00. The minimum Gasteiger partial charge on any atom is -1.00 e. The average Bonchev–Trinajstić information content (AvgIpc) is 2.09. The van der Waals surface area contributed by atoms with Crippen molar-refractivity contribution in [2.24, 2.45) is 11.5 Å². The van der Waals surface area contributed by atoms with Crippen LogP contribution < -0.4 is 23.9 Å². The zero-order valence-electron chi connectivity index (χ0n) is 9.72. The second-order valence-electron chi connectivity index (χ2n) is 3.01. The molecule has 4 nitrogen and oxygen atoms in total. The van der Waals surface area contributed by atoms with Crippen LogP contribution in [-0.2, 0) is 0 Å². The molecular weight excluding hydrogens is 202 g/mol. The fourth-order valence-electron chi connectivity index (χ4n) is 1.34. The predicted molar refractivity (Wildman–Crippen MR) is 56.2 cm³/mol. The van der Waals surface area contributed by atoms with Crippen LogP contribution in [0.15, 0.2) is 0 Å². The number of primary amides is 2. The molecule has 5 heteroatoms. The number of halogens is 1. The molecule has 0 rings (SSSR count). The smallest absolute Gasteiger partial charge is 0.309 e. The van der Waals surface area contributed by atoms with Crippen molar-refractivity contribution in [2.45, 2.75) is 27.7 Å². The number of carbonyl (C=O) groups excluding carboxylic acids is 1. The topological polar surface area (TPSA) is 69.1 Å². The Bertz CT molecular complexity index is 117. The maximum absolute atomic E-state index is 9.00. The highest BCUT2D eigenvalue weighted by Crippen LogP contribution is 2.03. The average molecular weight is 226 g/mol. The number of hydrogen-bond acceptors (Lipinski definition) is 1. The molecule has 14 heavy (non-hydrogen) atoms. The molecule has 0 aliphatic carbocycles. The number of amides is 2. The molecule has 4 N–H and O–H groups in total. The molecule has 0 aromatic heterocycles. The Morgan fingerprint density at radius 3 is 1.07 bits per heavy atom. The number of urea groups is 1. The Morgan fingerprint density at radius 1 is 0.929 bits per heavy atom. The second-order valence-corrected chi connectivity index (χ2v) is 3.01. The van der Waals surface area contributed by atoms with Gasteiger partial charge < -0.3 is 28.4 Å². The number of quaternary nitrogens is 1. The minimum absolute atomic E-state index is 0. The molecule has 88 valence electrons. The summed E-state index contributed by atoms with van der Waals surface area (Å²) in [6.07, 6.45) is 0. The van der Waals surface area contributed by atoms with Gasteiger partial charge in [-0.05, 0) is 27.7 Å². The lowest BCUT2D eigenvalue weighted by molar-refractivity contribution is -0.921. The lowest BCUT2D eigenvalue weighted by atomic mass is 10.3. The molecule has 0 saturated carbocycles. The van der Waals surface area contributed by atoms with Crippen molar-refractivity contribution in [3.63, 3.8) is 0 Å². The summed E-state index contributed by atoms with van der Waals surface area (Å²) < 4.78 is 1.28. The Morgan fingerprint density at radius 2 is 1.07 bits per heavy atom. The van der Waals surface area contributed by atoms with Crippen LogP contribution in [0.1, 0.15) is 27.7 Å². The SMILES string of the molecule is CC[N+](CC)(CC)CC.NC(N)=O.[Cl-]. The summed E-state index contributed by atoms with van der Waals surface area (Å²) in [5.74, 6) is 0. The van der Waals surface area contributed by atoms with Gasteiger partial charge in [-0.25, -0.2) is 4.79 Å². The van der Waals surface area contributed by atoms with Crippen molar-refractivity contribution < 1.29 is 21.7 Å². The van der Waals surface area contributed by atoms with E-state index in [2.05, 4.69) is 39.2 Å². The zero-order valence-corrected chi connectivity index (χ0v) is 10.5. The van der Waals surface area contributed by atoms with E-state index in [1.165, 1.54) is 30.7 Å². The van der Waals surface area contributed by atoms with Gasteiger partial charge in [0.05, 0.1) is 26.2 Å². The maximum Gasteiger partial charge on any atom is 0.309 e. The van der Waals surface area contributed by atoms with Gasteiger partial charge in [0.25, 0.3) is 0 Å². The van der Waals surface area contributed by atoms with E-state index in [1.807, 2.05) is 0 Å². The molecule has 0 atom stereocenters.